The molecule has 0 spiro atoms. The molecule has 1 saturated carbocycles. The van der Waals surface area contributed by atoms with Crippen LogP contribution >= 0.6 is 11.6 Å². The van der Waals surface area contributed by atoms with Crippen LogP contribution in [0.1, 0.15) is 56.6 Å². The lowest BCUT2D eigenvalue weighted by atomic mass is 9.97. The molecular formula is C37H43ClN8O6S. The lowest BCUT2D eigenvalue weighted by Gasteiger charge is -2.34. The summed E-state index contributed by atoms with van der Waals surface area (Å²) in [6.07, 6.45) is 7.70. The Kier molecular flexibility index (Phi) is 11.0. The first kappa shape index (κ1) is 36.8. The van der Waals surface area contributed by atoms with Gasteiger partial charge in [0.1, 0.15) is 10.7 Å². The number of rotatable bonds is 12. The van der Waals surface area contributed by atoms with Crippen molar-refractivity contribution in [1.29, 1.82) is 0 Å². The molecule has 2 aromatic heterocycles. The number of aryl methyl sites for hydroxylation is 1. The average Bonchev–Trinajstić information content (AvgIpc) is 3.68. The zero-order valence-electron chi connectivity index (χ0n) is 29.5. The number of aromatic nitrogens is 3. The predicted molar refractivity (Wildman–Crippen MR) is 204 cm³/mol. The van der Waals surface area contributed by atoms with E-state index in [1.807, 2.05) is 24.3 Å². The fraction of sp³-hybridized carbons (Fsp3) is 0.432. The summed E-state index contributed by atoms with van der Waals surface area (Å²) in [7, 11) is -3.77. The average molecular weight is 763 g/mol. The molecule has 0 atom stereocenters. The predicted octanol–water partition coefficient (Wildman–Crippen LogP) is 5.27. The van der Waals surface area contributed by atoms with Gasteiger partial charge in [-0.3, -0.25) is 24.4 Å². The van der Waals surface area contributed by atoms with Crippen molar-refractivity contribution in [1.82, 2.24) is 24.6 Å². The molecule has 3 aliphatic rings. The molecule has 2 aliphatic heterocycles. The van der Waals surface area contributed by atoms with Gasteiger partial charge in [0.05, 0.1) is 11.5 Å². The molecule has 4 heterocycles. The van der Waals surface area contributed by atoms with E-state index in [-0.39, 0.29) is 47.0 Å². The number of urea groups is 1. The van der Waals surface area contributed by atoms with Gasteiger partial charge in [0.25, 0.3) is 5.56 Å². The first-order valence-corrected chi connectivity index (χ1v) is 19.9. The highest BCUT2D eigenvalue weighted by Crippen LogP contribution is 2.32. The van der Waals surface area contributed by atoms with Crippen molar-refractivity contribution in [2.75, 3.05) is 54.5 Å². The van der Waals surface area contributed by atoms with Crippen molar-refractivity contribution in [3.63, 3.8) is 0 Å². The van der Waals surface area contributed by atoms with Crippen LogP contribution in [-0.4, -0.2) is 74.3 Å². The van der Waals surface area contributed by atoms with Crippen LogP contribution in [0.25, 0.3) is 11.0 Å². The number of ether oxygens (including phenoxy) is 1. The molecular weight excluding hydrogens is 720 g/mol. The van der Waals surface area contributed by atoms with E-state index >= 15 is 0 Å². The second kappa shape index (κ2) is 15.8. The molecule has 14 nitrogen and oxygen atoms in total. The van der Waals surface area contributed by atoms with E-state index in [9.17, 15) is 22.8 Å². The molecule has 0 radical (unpaired) electrons. The summed E-state index contributed by atoms with van der Waals surface area (Å²) in [5.74, 6) is 0.418. The smallest absolute Gasteiger partial charge is 0.328 e. The first-order chi connectivity index (χ1) is 25.6. The SMILES string of the molecule is Cc1cc(S(=O)(=O)NCCOCC2CCN(c3ccc(N4CCC(=O)NC4=O)cc3)CC2)ccc1Nc1ncc2cc(Cl)c(=O)n(C3CCCC3)c2n1. The van der Waals surface area contributed by atoms with E-state index in [1.54, 1.807) is 40.8 Å². The summed E-state index contributed by atoms with van der Waals surface area (Å²) < 4.78 is 36.4. The molecule has 2 aromatic carbocycles. The quantitative estimate of drug-likeness (QED) is 0.162. The maximum absolute atomic E-state index is 13.1. The van der Waals surface area contributed by atoms with Gasteiger partial charge in [0, 0.05) is 73.9 Å². The Morgan fingerprint density at radius 3 is 2.42 bits per heavy atom. The number of sulfonamides is 1. The molecule has 0 unspecified atom stereocenters. The molecule has 16 heteroatoms. The topological polar surface area (TPSA) is 168 Å². The molecule has 4 aromatic rings. The first-order valence-electron chi connectivity index (χ1n) is 18.0. The Labute approximate surface area is 312 Å². The van der Waals surface area contributed by atoms with Gasteiger partial charge in [-0.05, 0) is 92.6 Å². The van der Waals surface area contributed by atoms with Crippen molar-refractivity contribution in [3.8, 4) is 0 Å². The number of carbonyl (C=O) groups is 2. The Morgan fingerprint density at radius 1 is 0.962 bits per heavy atom. The maximum atomic E-state index is 13.1. The molecule has 3 fully saturated rings. The minimum atomic E-state index is -3.77. The minimum absolute atomic E-state index is 0.0410. The highest BCUT2D eigenvalue weighted by Gasteiger charge is 2.26. The van der Waals surface area contributed by atoms with E-state index < -0.39 is 16.1 Å². The molecule has 53 heavy (non-hydrogen) atoms. The molecule has 3 N–H and O–H groups in total. The van der Waals surface area contributed by atoms with Crippen LogP contribution in [0.15, 0.2) is 64.4 Å². The fourth-order valence-electron chi connectivity index (χ4n) is 7.31. The monoisotopic (exact) mass is 762 g/mol. The third-order valence-electron chi connectivity index (χ3n) is 10.3. The van der Waals surface area contributed by atoms with E-state index in [1.165, 1.54) is 6.07 Å². The van der Waals surface area contributed by atoms with Crippen molar-refractivity contribution in [2.24, 2.45) is 5.92 Å². The van der Waals surface area contributed by atoms with Gasteiger partial charge < -0.3 is 15.0 Å². The van der Waals surface area contributed by atoms with E-state index in [4.69, 9.17) is 16.3 Å². The second-order valence-corrected chi connectivity index (χ2v) is 16.0. The summed E-state index contributed by atoms with van der Waals surface area (Å²) in [4.78, 5) is 49.7. The number of carbonyl (C=O) groups excluding carboxylic acids is 2. The molecule has 7 rings (SSSR count). The third kappa shape index (κ3) is 8.33. The third-order valence-corrected chi connectivity index (χ3v) is 12.0. The summed E-state index contributed by atoms with van der Waals surface area (Å²) in [5.41, 5.74) is 3.43. The summed E-state index contributed by atoms with van der Waals surface area (Å²) in [6.45, 7) is 4.87. The number of nitrogens with one attached hydrogen (secondary N) is 3. The van der Waals surface area contributed by atoms with Crippen LogP contribution in [0, 0.1) is 12.8 Å². The number of nitrogens with zero attached hydrogens (tertiary/aromatic N) is 5. The number of hydrogen-bond donors (Lipinski definition) is 3. The van der Waals surface area contributed by atoms with Crippen molar-refractivity contribution >= 4 is 67.6 Å². The van der Waals surface area contributed by atoms with Gasteiger partial charge >= 0.3 is 6.03 Å². The number of amides is 3. The minimum Gasteiger partial charge on any atom is -0.380 e. The van der Waals surface area contributed by atoms with E-state index in [0.717, 1.165) is 63.0 Å². The highest BCUT2D eigenvalue weighted by molar-refractivity contribution is 7.89. The van der Waals surface area contributed by atoms with Gasteiger partial charge in [-0.15, -0.1) is 0 Å². The van der Waals surface area contributed by atoms with Crippen LogP contribution in [0.5, 0.6) is 0 Å². The number of pyridine rings is 1. The molecule has 0 bridgehead atoms. The van der Waals surface area contributed by atoms with E-state index in [2.05, 4.69) is 30.2 Å². The second-order valence-electron chi connectivity index (χ2n) is 13.9. The summed E-state index contributed by atoms with van der Waals surface area (Å²) in [5, 5.41) is 6.36. The summed E-state index contributed by atoms with van der Waals surface area (Å²) in [6, 6.07) is 13.8. The van der Waals surface area contributed by atoms with Crippen molar-refractivity contribution in [3.05, 3.63) is 75.7 Å². The number of fused-ring (bicyclic) bond motifs is 1. The zero-order chi connectivity index (χ0) is 37.1. The molecule has 2 saturated heterocycles. The lowest BCUT2D eigenvalue weighted by Crippen LogP contribution is -2.49. The molecule has 1 aliphatic carbocycles. The zero-order valence-corrected chi connectivity index (χ0v) is 31.1. The highest BCUT2D eigenvalue weighted by atomic mass is 35.5. The van der Waals surface area contributed by atoms with Crippen LogP contribution in [0.2, 0.25) is 5.02 Å². The Hall–Kier alpha value is -4.57. The molecule has 280 valence electrons. The van der Waals surface area contributed by atoms with E-state index in [0.29, 0.717) is 47.3 Å². The van der Waals surface area contributed by atoms with Crippen molar-refractivity contribution < 1.29 is 22.7 Å². The number of imide groups is 1. The van der Waals surface area contributed by atoms with Crippen molar-refractivity contribution in [2.45, 2.75) is 62.8 Å². The molecule has 3 amide bonds. The Morgan fingerprint density at radius 2 is 1.70 bits per heavy atom. The normalized spacial score (nSPS) is 17.5. The summed E-state index contributed by atoms with van der Waals surface area (Å²) >= 11 is 6.26. The maximum Gasteiger partial charge on any atom is 0.328 e. The lowest BCUT2D eigenvalue weighted by molar-refractivity contribution is -0.120. The van der Waals surface area contributed by atoms with Gasteiger partial charge in [-0.1, -0.05) is 24.4 Å². The number of benzene rings is 2. The van der Waals surface area contributed by atoms with Crippen LogP contribution in [0.3, 0.4) is 0 Å². The Bertz CT molecular complexity index is 2170. The van der Waals surface area contributed by atoms with Gasteiger partial charge in [0.15, 0.2) is 0 Å². The van der Waals surface area contributed by atoms with Crippen LogP contribution < -0.4 is 30.7 Å². The van der Waals surface area contributed by atoms with Crippen LogP contribution in [-0.2, 0) is 19.6 Å². The number of halogens is 1. The standard InChI is InChI=1S/C37H43ClN8O6S/c1-24-20-30(10-11-32(24)41-36-39-22-26-21-31(38)35(48)46(34(26)43-36)29-4-2-3-5-29)53(50,51)40-15-19-52-23-25-12-16-44(17-13-25)27-6-8-28(9-7-27)45-18-14-33(47)42-37(45)49/h6-11,20-22,25,29,40H,2-5,12-19,23H2,1H3,(H,39,41,43)(H,42,47,49). The largest absolute Gasteiger partial charge is 0.380 e. The van der Waals surface area contributed by atoms with Crippen LogP contribution in [0.4, 0.5) is 27.8 Å². The van der Waals surface area contributed by atoms with Gasteiger partial charge in [0.2, 0.25) is 21.9 Å². The fourth-order valence-corrected chi connectivity index (χ4v) is 8.61. The number of hydrogen-bond acceptors (Lipinski definition) is 10. The van der Waals surface area contributed by atoms with Gasteiger partial charge in [-0.25, -0.2) is 22.9 Å². The number of piperidine rings is 1. The van der Waals surface area contributed by atoms with Gasteiger partial charge in [-0.2, -0.15) is 4.98 Å². The number of anilines is 4. The Balaban J connectivity index is 0.869.